The molecule has 7 nitrogen and oxygen atoms in total. The highest BCUT2D eigenvalue weighted by Gasteiger charge is 2.21. The Hall–Kier alpha value is -2.57. The van der Waals surface area contributed by atoms with E-state index in [2.05, 4.69) is 11.9 Å². The maximum absolute atomic E-state index is 11.5. The molecule has 21 heavy (non-hydrogen) atoms. The van der Waals surface area contributed by atoms with Gasteiger partial charge in [0.15, 0.2) is 0 Å². The van der Waals surface area contributed by atoms with Crippen molar-refractivity contribution in [2.45, 2.75) is 26.3 Å². The molecule has 0 unspecified atom stereocenters. The monoisotopic (exact) mass is 290 g/mol. The summed E-state index contributed by atoms with van der Waals surface area (Å²) in [7, 11) is 1.43. The quantitative estimate of drug-likeness (QED) is 0.879. The van der Waals surface area contributed by atoms with E-state index in [-0.39, 0.29) is 0 Å². The van der Waals surface area contributed by atoms with Crippen LogP contribution < -0.4 is 10.6 Å². The zero-order valence-corrected chi connectivity index (χ0v) is 12.0. The molecule has 0 bridgehead atoms. The van der Waals surface area contributed by atoms with Crippen LogP contribution in [0.25, 0.3) is 11.0 Å². The highest BCUT2D eigenvalue weighted by atomic mass is 16.4. The summed E-state index contributed by atoms with van der Waals surface area (Å²) < 4.78 is 1.80. The van der Waals surface area contributed by atoms with Crippen LogP contribution in [0.2, 0.25) is 0 Å². The number of para-hydroxylation sites is 1. The van der Waals surface area contributed by atoms with Crippen LogP contribution in [0.3, 0.4) is 0 Å². The average Bonchev–Trinajstić information content (AvgIpc) is 2.82. The van der Waals surface area contributed by atoms with Crippen molar-refractivity contribution in [2.75, 3.05) is 11.9 Å². The van der Waals surface area contributed by atoms with Crippen molar-refractivity contribution in [3.63, 3.8) is 0 Å². The number of hydrogen-bond donors (Lipinski definition) is 2. The van der Waals surface area contributed by atoms with Gasteiger partial charge in [-0.2, -0.15) is 0 Å². The summed E-state index contributed by atoms with van der Waals surface area (Å²) in [5, 5.41) is 9.17. The summed E-state index contributed by atoms with van der Waals surface area (Å²) in [6.45, 7) is 2.68. The van der Waals surface area contributed by atoms with Gasteiger partial charge in [-0.1, -0.05) is 19.4 Å². The van der Waals surface area contributed by atoms with Crippen molar-refractivity contribution in [3.05, 3.63) is 23.8 Å². The minimum atomic E-state index is -1.11. The molecule has 0 saturated carbocycles. The molecule has 3 N–H and O–H groups in total. The Kier molecular flexibility index (Phi) is 4.11. The highest BCUT2D eigenvalue weighted by Crippen LogP contribution is 2.25. The van der Waals surface area contributed by atoms with E-state index in [9.17, 15) is 9.59 Å². The maximum Gasteiger partial charge on any atom is 0.413 e. The predicted molar refractivity (Wildman–Crippen MR) is 79.6 cm³/mol. The van der Waals surface area contributed by atoms with E-state index in [0.717, 1.165) is 17.7 Å². The van der Waals surface area contributed by atoms with Crippen LogP contribution in [0.1, 0.15) is 30.1 Å². The zero-order chi connectivity index (χ0) is 15.6. The molecule has 1 heterocycles. The Bertz CT molecular complexity index is 693. The summed E-state index contributed by atoms with van der Waals surface area (Å²) in [6, 6.07) is 5.12. The van der Waals surface area contributed by atoms with E-state index in [1.165, 1.54) is 7.05 Å². The molecule has 0 radical (unpaired) electrons. The van der Waals surface area contributed by atoms with Gasteiger partial charge in [0.25, 0.3) is 5.91 Å². The maximum atomic E-state index is 11.5. The fourth-order valence-corrected chi connectivity index (χ4v) is 2.21. The number of carbonyl (C=O) groups excluding carboxylic acids is 1. The first-order chi connectivity index (χ1) is 9.97. The van der Waals surface area contributed by atoms with Gasteiger partial charge in [0.2, 0.25) is 5.95 Å². The van der Waals surface area contributed by atoms with E-state index < -0.39 is 12.0 Å². The molecule has 2 rings (SSSR count). The number of anilines is 1. The Morgan fingerprint density at radius 1 is 1.43 bits per heavy atom. The molecule has 0 aliphatic carbocycles. The molecule has 112 valence electrons. The van der Waals surface area contributed by atoms with Gasteiger partial charge < -0.3 is 15.4 Å². The summed E-state index contributed by atoms with van der Waals surface area (Å²) in [5.41, 5.74) is 6.80. The number of rotatable bonds is 5. The minimum absolute atomic E-state index is 0.291. The number of hydrogen-bond acceptors (Lipinski definition) is 3. The van der Waals surface area contributed by atoms with E-state index in [4.69, 9.17) is 10.8 Å². The highest BCUT2D eigenvalue weighted by molar-refractivity contribution is 6.05. The van der Waals surface area contributed by atoms with Gasteiger partial charge in [-0.25, -0.2) is 9.78 Å². The zero-order valence-electron chi connectivity index (χ0n) is 12.0. The Morgan fingerprint density at radius 3 is 2.71 bits per heavy atom. The molecule has 2 amide bonds. The number of aromatic nitrogens is 2. The summed E-state index contributed by atoms with van der Waals surface area (Å²) in [6.07, 6.45) is 0.738. The number of nitrogens with zero attached hydrogens (tertiary/aromatic N) is 3. The van der Waals surface area contributed by atoms with Crippen LogP contribution in [0, 0.1) is 0 Å². The molecule has 1 aromatic carbocycles. The molecule has 0 saturated heterocycles. The Morgan fingerprint density at radius 2 is 2.14 bits per heavy atom. The largest absolute Gasteiger partial charge is 0.465 e. The molecule has 0 spiro atoms. The lowest BCUT2D eigenvalue weighted by atomic mass is 10.2. The standard InChI is InChI=1S/C14H18N4O3/c1-3-4-8-18-10-7-5-6-9(12(15)19)11(10)16-13(18)17(2)14(20)21/h5-7H,3-4,8H2,1-2H3,(H2,15,19)(H,20,21). The van der Waals surface area contributed by atoms with Gasteiger partial charge in [0.05, 0.1) is 11.1 Å². The molecule has 0 atom stereocenters. The number of unbranched alkanes of at least 4 members (excludes halogenated alkanes) is 1. The molecule has 1 aromatic heterocycles. The first kappa shape index (κ1) is 14.8. The molecule has 0 aliphatic rings. The number of benzene rings is 1. The van der Waals surface area contributed by atoms with Gasteiger partial charge in [0.1, 0.15) is 5.52 Å². The number of fused-ring (bicyclic) bond motifs is 1. The van der Waals surface area contributed by atoms with E-state index >= 15 is 0 Å². The summed E-state index contributed by atoms with van der Waals surface area (Å²) in [5.74, 6) is -0.287. The van der Waals surface area contributed by atoms with Gasteiger partial charge in [-0.05, 0) is 18.6 Å². The number of carbonyl (C=O) groups is 2. The third-order valence-corrected chi connectivity index (χ3v) is 3.35. The third kappa shape index (κ3) is 2.67. The van der Waals surface area contributed by atoms with Gasteiger partial charge in [0, 0.05) is 13.6 Å². The lowest BCUT2D eigenvalue weighted by Gasteiger charge is -2.14. The second-order valence-electron chi connectivity index (χ2n) is 4.80. The van der Waals surface area contributed by atoms with Crippen LogP contribution in [0.5, 0.6) is 0 Å². The van der Waals surface area contributed by atoms with Crippen LogP contribution in [0.15, 0.2) is 18.2 Å². The normalized spacial score (nSPS) is 10.8. The fourth-order valence-electron chi connectivity index (χ4n) is 2.21. The van der Waals surface area contributed by atoms with Crippen molar-refractivity contribution >= 4 is 29.0 Å². The summed E-state index contributed by atoms with van der Waals surface area (Å²) >= 11 is 0. The van der Waals surface area contributed by atoms with Gasteiger partial charge >= 0.3 is 6.09 Å². The van der Waals surface area contributed by atoms with Crippen LogP contribution in [-0.2, 0) is 6.54 Å². The first-order valence-electron chi connectivity index (χ1n) is 6.73. The minimum Gasteiger partial charge on any atom is -0.465 e. The number of amides is 2. The summed E-state index contributed by atoms with van der Waals surface area (Å²) in [4.78, 5) is 28.1. The van der Waals surface area contributed by atoms with Crippen molar-refractivity contribution in [1.29, 1.82) is 0 Å². The van der Waals surface area contributed by atoms with E-state index in [0.29, 0.717) is 29.1 Å². The van der Waals surface area contributed by atoms with E-state index in [1.807, 2.05) is 6.07 Å². The van der Waals surface area contributed by atoms with Crippen LogP contribution in [-0.4, -0.2) is 33.7 Å². The Balaban J connectivity index is 2.68. The van der Waals surface area contributed by atoms with Crippen molar-refractivity contribution in [3.8, 4) is 0 Å². The number of imidazole rings is 1. The first-order valence-corrected chi connectivity index (χ1v) is 6.73. The number of aryl methyl sites for hydroxylation is 1. The molecule has 0 aliphatic heterocycles. The van der Waals surface area contributed by atoms with Crippen molar-refractivity contribution in [2.24, 2.45) is 5.73 Å². The number of nitrogens with two attached hydrogens (primary N) is 1. The molecule has 0 fully saturated rings. The van der Waals surface area contributed by atoms with Crippen molar-refractivity contribution in [1.82, 2.24) is 9.55 Å². The molecule has 2 aromatic rings. The van der Waals surface area contributed by atoms with Crippen LogP contribution in [0.4, 0.5) is 10.7 Å². The molecular weight excluding hydrogens is 272 g/mol. The molecular formula is C14H18N4O3. The van der Waals surface area contributed by atoms with Crippen molar-refractivity contribution < 1.29 is 14.7 Å². The van der Waals surface area contributed by atoms with Gasteiger partial charge in [-0.15, -0.1) is 0 Å². The molecule has 7 heteroatoms. The SMILES string of the molecule is CCCCn1c(N(C)C(=O)O)nc2c(C(N)=O)cccc21. The Labute approximate surface area is 122 Å². The predicted octanol–water partition coefficient (Wildman–Crippen LogP) is 2.05. The second kappa shape index (κ2) is 5.82. The number of primary amides is 1. The fraction of sp³-hybridized carbons (Fsp3) is 0.357. The third-order valence-electron chi connectivity index (χ3n) is 3.35. The lowest BCUT2D eigenvalue weighted by Crippen LogP contribution is -2.27. The van der Waals surface area contributed by atoms with E-state index in [1.54, 1.807) is 16.7 Å². The second-order valence-corrected chi connectivity index (χ2v) is 4.80. The topological polar surface area (TPSA) is 101 Å². The average molecular weight is 290 g/mol. The smallest absolute Gasteiger partial charge is 0.413 e. The lowest BCUT2D eigenvalue weighted by molar-refractivity contribution is 0.100. The van der Waals surface area contributed by atoms with Gasteiger partial charge in [-0.3, -0.25) is 9.69 Å². The number of carboxylic acid groups (broad SMARTS) is 1. The van der Waals surface area contributed by atoms with Crippen LogP contribution >= 0.6 is 0 Å².